The highest BCUT2D eigenvalue weighted by atomic mass is 16.6. The van der Waals surface area contributed by atoms with E-state index in [0.29, 0.717) is 22.4 Å². The molecule has 27 heavy (non-hydrogen) atoms. The van der Waals surface area contributed by atoms with Crippen molar-refractivity contribution in [2.45, 2.75) is 6.54 Å². The summed E-state index contributed by atoms with van der Waals surface area (Å²) in [5.74, 6) is 0.612. The Morgan fingerprint density at radius 2 is 1.74 bits per heavy atom. The van der Waals surface area contributed by atoms with Crippen LogP contribution in [0.2, 0.25) is 0 Å². The summed E-state index contributed by atoms with van der Waals surface area (Å²) in [4.78, 5) is 24.2. The van der Waals surface area contributed by atoms with Crippen molar-refractivity contribution in [3.8, 4) is 5.69 Å². The molecule has 2 heterocycles. The molecule has 0 atom stereocenters. The number of nitro groups is 1. The van der Waals surface area contributed by atoms with E-state index >= 15 is 0 Å². The van der Waals surface area contributed by atoms with Gasteiger partial charge >= 0.3 is 11.2 Å². The van der Waals surface area contributed by atoms with E-state index in [-0.39, 0.29) is 12.2 Å². The lowest BCUT2D eigenvalue weighted by Crippen LogP contribution is -2.23. The lowest BCUT2D eigenvalue weighted by atomic mass is 10.1. The number of nitrogens with zero attached hydrogens (tertiary/aromatic N) is 2. The van der Waals surface area contributed by atoms with Crippen molar-refractivity contribution in [1.29, 1.82) is 0 Å². The zero-order valence-electron chi connectivity index (χ0n) is 14.2. The summed E-state index contributed by atoms with van der Waals surface area (Å²) in [5, 5.41) is 15.4. The fraction of sp³-hybridized carbons (Fsp3) is 0.0500. The van der Waals surface area contributed by atoms with Gasteiger partial charge in [0.05, 0.1) is 23.2 Å². The molecule has 7 heteroatoms. The SMILES string of the molecule is O=c1c([N+](=O)[O-])c(NCc2ccco2)c2ccccc2n1-c1ccccc1. The molecule has 0 saturated heterocycles. The van der Waals surface area contributed by atoms with Crippen LogP contribution in [0.4, 0.5) is 11.4 Å². The van der Waals surface area contributed by atoms with E-state index < -0.39 is 16.2 Å². The van der Waals surface area contributed by atoms with E-state index in [1.165, 1.54) is 10.8 Å². The summed E-state index contributed by atoms with van der Waals surface area (Å²) in [5.41, 5.74) is 0.153. The quantitative estimate of drug-likeness (QED) is 0.427. The number of hydrogen-bond acceptors (Lipinski definition) is 5. The Bertz CT molecular complexity index is 1170. The predicted octanol–water partition coefficient (Wildman–Crippen LogP) is 4.10. The molecule has 1 N–H and O–H groups in total. The second kappa shape index (κ2) is 6.80. The van der Waals surface area contributed by atoms with Crippen LogP contribution in [-0.4, -0.2) is 9.49 Å². The van der Waals surface area contributed by atoms with Crippen molar-refractivity contribution in [1.82, 2.24) is 4.57 Å². The third kappa shape index (κ3) is 2.95. The maximum atomic E-state index is 13.1. The number of pyridine rings is 1. The molecular formula is C20H15N3O4. The molecule has 0 fully saturated rings. The Balaban J connectivity index is 1.99. The van der Waals surface area contributed by atoms with Gasteiger partial charge < -0.3 is 9.73 Å². The van der Waals surface area contributed by atoms with Gasteiger partial charge in [0, 0.05) is 11.1 Å². The topological polar surface area (TPSA) is 90.3 Å². The van der Waals surface area contributed by atoms with Gasteiger partial charge in [-0.1, -0.05) is 36.4 Å². The van der Waals surface area contributed by atoms with Crippen LogP contribution in [0.3, 0.4) is 0 Å². The molecule has 0 spiro atoms. The number of furan rings is 1. The van der Waals surface area contributed by atoms with Crippen molar-refractivity contribution in [2.75, 3.05) is 5.32 Å². The number of aromatic nitrogens is 1. The van der Waals surface area contributed by atoms with Gasteiger partial charge in [-0.3, -0.25) is 19.5 Å². The Morgan fingerprint density at radius 1 is 1.00 bits per heavy atom. The van der Waals surface area contributed by atoms with E-state index in [1.807, 2.05) is 6.07 Å². The van der Waals surface area contributed by atoms with Gasteiger partial charge in [0.2, 0.25) is 0 Å². The zero-order valence-corrected chi connectivity index (χ0v) is 14.2. The lowest BCUT2D eigenvalue weighted by Gasteiger charge is -2.15. The average Bonchev–Trinajstić information content (AvgIpc) is 3.20. The van der Waals surface area contributed by atoms with Gasteiger partial charge in [-0.2, -0.15) is 0 Å². The zero-order chi connectivity index (χ0) is 18.8. The van der Waals surface area contributed by atoms with Crippen LogP contribution in [0.15, 0.2) is 82.2 Å². The first-order valence-corrected chi connectivity index (χ1v) is 8.30. The van der Waals surface area contributed by atoms with Crippen LogP contribution in [-0.2, 0) is 6.54 Å². The summed E-state index contributed by atoms with van der Waals surface area (Å²) in [6.45, 7) is 0.229. The van der Waals surface area contributed by atoms with Gasteiger partial charge in [-0.05, 0) is 30.3 Å². The molecule has 0 bridgehead atoms. The second-order valence-corrected chi connectivity index (χ2v) is 5.91. The monoisotopic (exact) mass is 361 g/mol. The highest BCUT2D eigenvalue weighted by molar-refractivity contribution is 5.97. The Hall–Kier alpha value is -3.87. The lowest BCUT2D eigenvalue weighted by molar-refractivity contribution is -0.385. The summed E-state index contributed by atoms with van der Waals surface area (Å²) >= 11 is 0. The minimum atomic E-state index is -0.688. The molecule has 0 aliphatic carbocycles. The predicted molar refractivity (Wildman–Crippen MR) is 102 cm³/mol. The van der Waals surface area contributed by atoms with Crippen LogP contribution in [0, 0.1) is 10.1 Å². The summed E-state index contributed by atoms with van der Waals surface area (Å²) < 4.78 is 6.64. The van der Waals surface area contributed by atoms with Gasteiger partial charge in [-0.15, -0.1) is 0 Å². The molecule has 4 aromatic rings. The highest BCUT2D eigenvalue weighted by Crippen LogP contribution is 2.31. The third-order valence-corrected chi connectivity index (χ3v) is 4.27. The van der Waals surface area contributed by atoms with Crippen molar-refractivity contribution in [3.05, 3.63) is 99.2 Å². The van der Waals surface area contributed by atoms with Crippen LogP contribution < -0.4 is 10.9 Å². The summed E-state index contributed by atoms with van der Waals surface area (Å²) in [6.07, 6.45) is 1.52. The Morgan fingerprint density at radius 3 is 2.44 bits per heavy atom. The molecule has 0 aliphatic rings. The van der Waals surface area contributed by atoms with Crippen LogP contribution in [0.1, 0.15) is 5.76 Å². The highest BCUT2D eigenvalue weighted by Gasteiger charge is 2.26. The number of benzene rings is 2. The van der Waals surface area contributed by atoms with E-state index in [9.17, 15) is 14.9 Å². The molecule has 2 aromatic carbocycles. The maximum absolute atomic E-state index is 13.1. The normalized spacial score (nSPS) is 10.8. The minimum Gasteiger partial charge on any atom is -0.467 e. The molecule has 0 aliphatic heterocycles. The smallest absolute Gasteiger partial charge is 0.357 e. The minimum absolute atomic E-state index is 0.184. The number of fused-ring (bicyclic) bond motifs is 1. The van der Waals surface area contributed by atoms with E-state index in [2.05, 4.69) is 5.32 Å². The number of rotatable bonds is 5. The van der Waals surface area contributed by atoms with E-state index in [0.717, 1.165) is 0 Å². The Kier molecular flexibility index (Phi) is 4.18. The van der Waals surface area contributed by atoms with Crippen LogP contribution in [0.25, 0.3) is 16.6 Å². The molecule has 0 radical (unpaired) electrons. The molecule has 2 aromatic heterocycles. The third-order valence-electron chi connectivity index (χ3n) is 4.27. The number of anilines is 1. The summed E-state index contributed by atoms with van der Waals surface area (Å²) in [7, 11) is 0. The fourth-order valence-corrected chi connectivity index (χ4v) is 3.10. The molecule has 0 amide bonds. The maximum Gasteiger partial charge on any atom is 0.357 e. The number of hydrogen-bond donors (Lipinski definition) is 1. The van der Waals surface area contributed by atoms with Gasteiger partial charge in [0.25, 0.3) is 0 Å². The fourth-order valence-electron chi connectivity index (χ4n) is 3.10. The summed E-state index contributed by atoms with van der Waals surface area (Å²) in [6, 6.07) is 19.5. The van der Waals surface area contributed by atoms with Crippen molar-refractivity contribution >= 4 is 22.3 Å². The Labute approximate surface area is 153 Å². The second-order valence-electron chi connectivity index (χ2n) is 5.91. The van der Waals surface area contributed by atoms with Gasteiger partial charge in [0.15, 0.2) is 0 Å². The average molecular weight is 361 g/mol. The molecule has 0 unspecified atom stereocenters. The molecule has 4 rings (SSSR count). The van der Waals surface area contributed by atoms with Crippen molar-refractivity contribution in [2.24, 2.45) is 0 Å². The van der Waals surface area contributed by atoms with E-state index in [1.54, 1.807) is 60.7 Å². The van der Waals surface area contributed by atoms with Crippen molar-refractivity contribution in [3.63, 3.8) is 0 Å². The molecule has 7 nitrogen and oxygen atoms in total. The van der Waals surface area contributed by atoms with Crippen LogP contribution >= 0.6 is 0 Å². The number of para-hydroxylation sites is 2. The van der Waals surface area contributed by atoms with Gasteiger partial charge in [-0.25, -0.2) is 0 Å². The van der Waals surface area contributed by atoms with E-state index in [4.69, 9.17) is 4.42 Å². The number of nitrogens with one attached hydrogen (secondary N) is 1. The van der Waals surface area contributed by atoms with Crippen molar-refractivity contribution < 1.29 is 9.34 Å². The molecular weight excluding hydrogens is 346 g/mol. The first kappa shape index (κ1) is 16.6. The molecule has 134 valence electrons. The van der Waals surface area contributed by atoms with Crippen LogP contribution in [0.5, 0.6) is 0 Å². The van der Waals surface area contributed by atoms with Gasteiger partial charge in [0.1, 0.15) is 11.4 Å². The standard InChI is InChI=1S/C20H15N3O4/c24-20-19(23(25)26)18(21-13-15-9-6-12-27-15)16-10-4-5-11-17(16)22(20)14-7-2-1-3-8-14/h1-12,21H,13H2. The first-order chi connectivity index (χ1) is 13.2. The largest absolute Gasteiger partial charge is 0.467 e. The molecule has 0 saturated carbocycles. The first-order valence-electron chi connectivity index (χ1n) is 8.30.